The van der Waals surface area contributed by atoms with Crippen molar-refractivity contribution in [3.05, 3.63) is 28.8 Å². The number of halogens is 1. The number of nitrogens with one attached hydrogen (secondary N) is 1. The molecule has 116 valence electrons. The summed E-state index contributed by atoms with van der Waals surface area (Å²) in [6, 6.07) is 3.90. The van der Waals surface area contributed by atoms with E-state index in [1.54, 1.807) is 0 Å². The lowest BCUT2D eigenvalue weighted by molar-refractivity contribution is 0.0934. The quantitative estimate of drug-likeness (QED) is 0.887. The van der Waals surface area contributed by atoms with E-state index < -0.39 is 10.0 Å². The molecule has 1 aliphatic carbocycles. The maximum absolute atomic E-state index is 12.2. The lowest BCUT2D eigenvalue weighted by Crippen LogP contribution is -2.34. The molecule has 1 aromatic rings. The van der Waals surface area contributed by atoms with Crippen molar-refractivity contribution >= 4 is 27.5 Å². The fraction of sp³-hybridized carbons (Fsp3) is 0.500. The third-order valence-electron chi connectivity index (χ3n) is 3.95. The molecule has 0 atom stereocenters. The number of amides is 1. The highest BCUT2D eigenvalue weighted by Gasteiger charge is 2.29. The van der Waals surface area contributed by atoms with E-state index in [4.69, 9.17) is 16.7 Å². The summed E-state index contributed by atoms with van der Waals surface area (Å²) in [4.78, 5) is 12.0. The van der Waals surface area contributed by atoms with E-state index in [1.165, 1.54) is 31.0 Å². The van der Waals surface area contributed by atoms with Crippen LogP contribution >= 0.6 is 11.6 Å². The van der Waals surface area contributed by atoms with Crippen molar-refractivity contribution in [1.82, 2.24) is 5.32 Å². The van der Waals surface area contributed by atoms with Crippen LogP contribution in [0.4, 0.5) is 0 Å². The maximum atomic E-state index is 12.2. The molecule has 3 N–H and O–H groups in total. The molecule has 0 radical (unpaired) electrons. The first kappa shape index (κ1) is 16.3. The molecule has 0 aromatic heterocycles. The number of rotatable bonds is 4. The largest absolute Gasteiger partial charge is 0.351 e. The van der Waals surface area contributed by atoms with Crippen molar-refractivity contribution in [2.75, 3.05) is 6.54 Å². The Morgan fingerprint density at radius 3 is 2.52 bits per heavy atom. The summed E-state index contributed by atoms with van der Waals surface area (Å²) in [6.45, 7) is 2.72. The van der Waals surface area contributed by atoms with E-state index in [2.05, 4.69) is 12.2 Å². The molecule has 0 bridgehead atoms. The van der Waals surface area contributed by atoms with Crippen LogP contribution in [-0.4, -0.2) is 20.9 Å². The Kier molecular flexibility index (Phi) is 4.60. The smallest absolute Gasteiger partial charge is 0.251 e. The highest BCUT2D eigenvalue weighted by molar-refractivity contribution is 7.89. The summed E-state index contributed by atoms with van der Waals surface area (Å²) >= 11 is 5.85. The van der Waals surface area contributed by atoms with E-state index >= 15 is 0 Å². The molecule has 1 amide bonds. The van der Waals surface area contributed by atoms with Crippen LogP contribution in [0.5, 0.6) is 0 Å². The molecule has 0 unspecified atom stereocenters. The normalized spacial score (nSPS) is 17.7. The van der Waals surface area contributed by atoms with Crippen molar-refractivity contribution in [1.29, 1.82) is 0 Å². The maximum Gasteiger partial charge on any atom is 0.251 e. The highest BCUT2D eigenvalue weighted by atomic mass is 35.5. The number of primary sulfonamides is 1. The Morgan fingerprint density at radius 1 is 1.33 bits per heavy atom. The van der Waals surface area contributed by atoms with Gasteiger partial charge in [-0.15, -0.1) is 0 Å². The highest BCUT2D eigenvalue weighted by Crippen LogP contribution is 2.36. The Labute approximate surface area is 129 Å². The third kappa shape index (κ3) is 4.18. The number of sulfonamides is 1. The molecule has 1 saturated carbocycles. The van der Waals surface area contributed by atoms with Gasteiger partial charge in [-0.1, -0.05) is 31.4 Å². The first-order valence-electron chi connectivity index (χ1n) is 6.81. The molecule has 0 aliphatic heterocycles. The number of carbonyl (C=O) groups excluding carboxylic acids is 1. The first-order chi connectivity index (χ1) is 9.70. The molecule has 1 fully saturated rings. The Bertz CT molecular complexity index is 652. The number of hydrogen-bond donors (Lipinski definition) is 2. The van der Waals surface area contributed by atoms with E-state index in [-0.39, 0.29) is 26.8 Å². The minimum Gasteiger partial charge on any atom is -0.351 e. The van der Waals surface area contributed by atoms with Gasteiger partial charge in [0.25, 0.3) is 5.91 Å². The molecular weight excluding hydrogens is 312 g/mol. The summed E-state index contributed by atoms with van der Waals surface area (Å²) in [7, 11) is -3.89. The number of hydrogen-bond acceptors (Lipinski definition) is 3. The zero-order chi connectivity index (χ0) is 15.7. The second kappa shape index (κ2) is 5.94. The van der Waals surface area contributed by atoms with Crippen LogP contribution in [0.2, 0.25) is 5.02 Å². The van der Waals surface area contributed by atoms with Gasteiger partial charge in [-0.2, -0.15) is 0 Å². The lowest BCUT2D eigenvalue weighted by Gasteiger charge is -2.23. The molecule has 2 rings (SSSR count). The van der Waals surface area contributed by atoms with Crippen LogP contribution in [-0.2, 0) is 10.0 Å². The van der Waals surface area contributed by atoms with Crippen molar-refractivity contribution < 1.29 is 13.2 Å². The van der Waals surface area contributed by atoms with Crippen molar-refractivity contribution in [3.8, 4) is 0 Å². The van der Waals surface area contributed by atoms with Crippen LogP contribution in [0.25, 0.3) is 0 Å². The molecule has 5 nitrogen and oxygen atoms in total. The van der Waals surface area contributed by atoms with Crippen molar-refractivity contribution in [3.63, 3.8) is 0 Å². The van der Waals surface area contributed by atoms with Crippen LogP contribution in [0.1, 0.15) is 43.0 Å². The molecule has 0 spiro atoms. The Morgan fingerprint density at radius 2 is 1.95 bits per heavy atom. The average Bonchev–Trinajstić information content (AvgIpc) is 2.82. The second-order valence-electron chi connectivity index (χ2n) is 5.92. The Balaban J connectivity index is 2.14. The molecule has 0 saturated heterocycles. The predicted molar refractivity (Wildman–Crippen MR) is 81.7 cm³/mol. The van der Waals surface area contributed by atoms with Crippen LogP contribution in [0.3, 0.4) is 0 Å². The molecule has 0 heterocycles. The Hall–Kier alpha value is -1.11. The van der Waals surface area contributed by atoms with Gasteiger partial charge in [-0.3, -0.25) is 4.79 Å². The van der Waals surface area contributed by atoms with E-state index in [0.29, 0.717) is 6.54 Å². The van der Waals surface area contributed by atoms with E-state index in [0.717, 1.165) is 12.8 Å². The SMILES string of the molecule is CC1(CNC(=O)c2cc(Cl)cc(S(N)(=O)=O)c2)CCCC1. The van der Waals surface area contributed by atoms with Crippen LogP contribution in [0, 0.1) is 5.41 Å². The molecule has 1 aromatic carbocycles. The van der Waals surface area contributed by atoms with Crippen LogP contribution in [0.15, 0.2) is 23.1 Å². The van der Waals surface area contributed by atoms with Gasteiger partial charge in [-0.05, 0) is 36.5 Å². The number of nitrogens with two attached hydrogens (primary N) is 1. The number of benzene rings is 1. The summed E-state index contributed by atoms with van der Waals surface area (Å²) in [5, 5.41) is 8.09. The van der Waals surface area contributed by atoms with Gasteiger partial charge < -0.3 is 5.32 Å². The number of carbonyl (C=O) groups is 1. The summed E-state index contributed by atoms with van der Waals surface area (Å²) in [5.74, 6) is -0.337. The van der Waals surface area contributed by atoms with Crippen molar-refractivity contribution in [2.24, 2.45) is 10.6 Å². The van der Waals surface area contributed by atoms with E-state index in [1.807, 2.05) is 0 Å². The van der Waals surface area contributed by atoms with Crippen LogP contribution < -0.4 is 10.5 Å². The summed E-state index contributed by atoms with van der Waals surface area (Å²) < 4.78 is 22.7. The predicted octanol–water partition coefficient (Wildman–Crippen LogP) is 2.30. The minimum absolute atomic E-state index is 0.122. The topological polar surface area (TPSA) is 89.3 Å². The van der Waals surface area contributed by atoms with Crippen molar-refractivity contribution in [2.45, 2.75) is 37.5 Å². The first-order valence-corrected chi connectivity index (χ1v) is 8.74. The van der Waals surface area contributed by atoms with Gasteiger partial charge in [0, 0.05) is 17.1 Å². The summed E-state index contributed by atoms with van der Waals surface area (Å²) in [6.07, 6.45) is 4.54. The van der Waals surface area contributed by atoms with Gasteiger partial charge >= 0.3 is 0 Å². The molecular formula is C14H19ClN2O3S. The second-order valence-corrected chi connectivity index (χ2v) is 7.92. The average molecular weight is 331 g/mol. The fourth-order valence-corrected chi connectivity index (χ4v) is 3.54. The third-order valence-corrected chi connectivity index (χ3v) is 5.06. The van der Waals surface area contributed by atoms with Gasteiger partial charge in [0.05, 0.1) is 4.90 Å². The molecule has 1 aliphatic rings. The standard InChI is InChI=1S/C14H19ClN2O3S/c1-14(4-2-3-5-14)9-17-13(18)10-6-11(15)8-12(7-10)21(16,19)20/h6-8H,2-5,9H2,1H3,(H,17,18)(H2,16,19,20). The van der Waals surface area contributed by atoms with Gasteiger partial charge in [0.1, 0.15) is 0 Å². The zero-order valence-electron chi connectivity index (χ0n) is 11.9. The summed E-state index contributed by atoms with van der Waals surface area (Å²) in [5.41, 5.74) is 0.324. The molecule has 21 heavy (non-hydrogen) atoms. The fourth-order valence-electron chi connectivity index (χ4n) is 2.66. The van der Waals surface area contributed by atoms with Gasteiger partial charge in [0.2, 0.25) is 10.0 Å². The van der Waals surface area contributed by atoms with Gasteiger partial charge in [0.15, 0.2) is 0 Å². The zero-order valence-corrected chi connectivity index (χ0v) is 13.4. The monoisotopic (exact) mass is 330 g/mol. The lowest BCUT2D eigenvalue weighted by atomic mass is 9.89. The molecule has 7 heteroatoms. The minimum atomic E-state index is -3.89. The van der Waals surface area contributed by atoms with Gasteiger partial charge in [-0.25, -0.2) is 13.6 Å². The van der Waals surface area contributed by atoms with E-state index in [9.17, 15) is 13.2 Å².